The number of anilines is 2. The van der Waals surface area contributed by atoms with Crippen molar-refractivity contribution in [3.8, 4) is 0 Å². The van der Waals surface area contributed by atoms with Gasteiger partial charge in [0.05, 0.1) is 24.6 Å². The number of benzene rings is 1. The van der Waals surface area contributed by atoms with Crippen molar-refractivity contribution in [2.24, 2.45) is 0 Å². The molecule has 0 fully saturated rings. The molecule has 0 saturated carbocycles. The van der Waals surface area contributed by atoms with Crippen molar-refractivity contribution >= 4 is 11.5 Å². The Kier molecular flexibility index (Phi) is 3.77. The van der Waals surface area contributed by atoms with E-state index in [0.717, 1.165) is 12.1 Å². The predicted octanol–water partition coefficient (Wildman–Crippen LogP) is 2.54. The van der Waals surface area contributed by atoms with Crippen molar-refractivity contribution in [1.82, 2.24) is 9.97 Å². The van der Waals surface area contributed by atoms with E-state index in [2.05, 4.69) is 47.3 Å². The van der Waals surface area contributed by atoms with Gasteiger partial charge in [0.2, 0.25) is 0 Å². The Morgan fingerprint density at radius 2 is 2.06 bits per heavy atom. The lowest BCUT2D eigenvalue weighted by Gasteiger charge is -2.13. The number of aryl methyl sites for hydroxylation is 2. The highest BCUT2D eigenvalue weighted by Crippen LogP contribution is 2.21. The molecule has 4 nitrogen and oxygen atoms in total. The largest absolute Gasteiger partial charge is 0.382 e. The summed E-state index contributed by atoms with van der Waals surface area (Å²) in [4.78, 5) is 8.26. The topological polar surface area (TPSA) is 63.8 Å². The van der Waals surface area contributed by atoms with E-state index in [1.807, 2.05) is 0 Å². The van der Waals surface area contributed by atoms with Gasteiger partial charge >= 0.3 is 0 Å². The third kappa shape index (κ3) is 2.77. The maximum absolute atomic E-state index is 5.51. The molecule has 94 valence electrons. The molecule has 0 aliphatic carbocycles. The Labute approximate surface area is 107 Å². The molecule has 0 bridgehead atoms. The maximum Gasteiger partial charge on any atom is 0.141 e. The molecule has 3 N–H and O–H groups in total. The number of hydrogen-bond acceptors (Lipinski definition) is 4. The van der Waals surface area contributed by atoms with Gasteiger partial charge in [-0.05, 0) is 24.5 Å². The molecule has 18 heavy (non-hydrogen) atoms. The van der Waals surface area contributed by atoms with Gasteiger partial charge in [0.15, 0.2) is 0 Å². The van der Waals surface area contributed by atoms with Crippen LogP contribution in [0.5, 0.6) is 0 Å². The van der Waals surface area contributed by atoms with E-state index in [-0.39, 0.29) is 0 Å². The standard InChI is InChI=1S/C14H18N4/c1-3-11-6-4-5-10(2)14(11)18-8-12-7-17-13(15)9-16-12/h4-7,9,18H,3,8H2,1-2H3,(H2,15,17). The maximum atomic E-state index is 5.51. The third-order valence-electron chi connectivity index (χ3n) is 2.91. The number of rotatable bonds is 4. The highest BCUT2D eigenvalue weighted by molar-refractivity contribution is 5.57. The van der Waals surface area contributed by atoms with Gasteiger partial charge in [-0.1, -0.05) is 25.1 Å². The highest BCUT2D eigenvalue weighted by Gasteiger charge is 2.04. The summed E-state index contributed by atoms with van der Waals surface area (Å²) >= 11 is 0. The van der Waals surface area contributed by atoms with Crippen LogP contribution in [0.3, 0.4) is 0 Å². The summed E-state index contributed by atoms with van der Waals surface area (Å²) in [5.74, 6) is 0.448. The third-order valence-corrected chi connectivity index (χ3v) is 2.91. The van der Waals surface area contributed by atoms with Crippen LogP contribution in [0.2, 0.25) is 0 Å². The molecule has 1 aromatic carbocycles. The average molecular weight is 242 g/mol. The Hall–Kier alpha value is -2.10. The first kappa shape index (κ1) is 12.4. The van der Waals surface area contributed by atoms with Crippen LogP contribution in [0.4, 0.5) is 11.5 Å². The smallest absolute Gasteiger partial charge is 0.141 e. The highest BCUT2D eigenvalue weighted by atomic mass is 14.9. The van der Waals surface area contributed by atoms with Gasteiger partial charge in [-0.25, -0.2) is 4.98 Å². The van der Waals surface area contributed by atoms with Crippen LogP contribution < -0.4 is 11.1 Å². The van der Waals surface area contributed by atoms with Crippen molar-refractivity contribution in [3.05, 3.63) is 47.4 Å². The molecule has 0 atom stereocenters. The summed E-state index contributed by atoms with van der Waals surface area (Å²) in [6.45, 7) is 4.92. The Balaban J connectivity index is 2.12. The fourth-order valence-corrected chi connectivity index (χ4v) is 1.91. The molecule has 2 rings (SSSR count). The van der Waals surface area contributed by atoms with Gasteiger partial charge in [0, 0.05) is 5.69 Å². The van der Waals surface area contributed by atoms with Gasteiger partial charge in [-0.15, -0.1) is 0 Å². The van der Waals surface area contributed by atoms with Crippen LogP contribution >= 0.6 is 0 Å². The Morgan fingerprint density at radius 1 is 1.22 bits per heavy atom. The minimum atomic E-state index is 0.448. The van der Waals surface area contributed by atoms with E-state index in [9.17, 15) is 0 Å². The number of nitrogens with zero attached hydrogens (tertiary/aromatic N) is 2. The SMILES string of the molecule is CCc1cccc(C)c1NCc1cnc(N)cn1. The minimum Gasteiger partial charge on any atom is -0.382 e. The normalized spacial score (nSPS) is 10.3. The summed E-state index contributed by atoms with van der Waals surface area (Å²) in [6.07, 6.45) is 4.29. The fourth-order valence-electron chi connectivity index (χ4n) is 1.91. The van der Waals surface area contributed by atoms with Crippen molar-refractivity contribution < 1.29 is 0 Å². The van der Waals surface area contributed by atoms with E-state index in [0.29, 0.717) is 12.4 Å². The molecular weight excluding hydrogens is 224 g/mol. The first-order valence-electron chi connectivity index (χ1n) is 6.09. The lowest BCUT2D eigenvalue weighted by Crippen LogP contribution is -2.06. The minimum absolute atomic E-state index is 0.448. The number of para-hydroxylation sites is 1. The summed E-state index contributed by atoms with van der Waals surface area (Å²) in [5.41, 5.74) is 10.2. The lowest BCUT2D eigenvalue weighted by atomic mass is 10.1. The number of nitrogens with one attached hydrogen (secondary N) is 1. The van der Waals surface area contributed by atoms with Gasteiger partial charge in [-0.3, -0.25) is 4.98 Å². The number of hydrogen-bond donors (Lipinski definition) is 2. The van der Waals surface area contributed by atoms with Gasteiger partial charge < -0.3 is 11.1 Å². The molecule has 0 spiro atoms. The van der Waals surface area contributed by atoms with Crippen LogP contribution in [0.1, 0.15) is 23.7 Å². The zero-order valence-electron chi connectivity index (χ0n) is 10.8. The Bertz CT molecular complexity index is 520. The van der Waals surface area contributed by atoms with E-state index < -0.39 is 0 Å². The monoisotopic (exact) mass is 242 g/mol. The number of aromatic nitrogens is 2. The molecule has 0 unspecified atom stereocenters. The molecule has 0 amide bonds. The quantitative estimate of drug-likeness (QED) is 0.864. The molecule has 0 aliphatic rings. The zero-order chi connectivity index (χ0) is 13.0. The molecule has 0 saturated heterocycles. The molecule has 1 heterocycles. The van der Waals surface area contributed by atoms with Gasteiger partial charge in [0.1, 0.15) is 5.82 Å². The fraction of sp³-hybridized carbons (Fsp3) is 0.286. The van der Waals surface area contributed by atoms with Crippen LogP contribution in [0.25, 0.3) is 0 Å². The van der Waals surface area contributed by atoms with E-state index in [1.54, 1.807) is 12.4 Å². The van der Waals surface area contributed by atoms with Crippen molar-refractivity contribution in [1.29, 1.82) is 0 Å². The van der Waals surface area contributed by atoms with Crippen molar-refractivity contribution in [2.45, 2.75) is 26.8 Å². The second kappa shape index (κ2) is 5.49. The molecular formula is C14H18N4. The predicted molar refractivity (Wildman–Crippen MR) is 74.3 cm³/mol. The van der Waals surface area contributed by atoms with Crippen LogP contribution in [0.15, 0.2) is 30.6 Å². The molecule has 2 aromatic rings. The van der Waals surface area contributed by atoms with E-state index >= 15 is 0 Å². The van der Waals surface area contributed by atoms with Crippen molar-refractivity contribution in [2.75, 3.05) is 11.1 Å². The lowest BCUT2D eigenvalue weighted by molar-refractivity contribution is 1.00. The Morgan fingerprint density at radius 3 is 2.72 bits per heavy atom. The number of nitrogens with two attached hydrogens (primary N) is 1. The molecule has 0 aliphatic heterocycles. The molecule has 4 heteroatoms. The molecule has 0 radical (unpaired) electrons. The number of nitrogen functional groups attached to an aromatic ring is 1. The molecule has 1 aromatic heterocycles. The van der Waals surface area contributed by atoms with Gasteiger partial charge in [-0.2, -0.15) is 0 Å². The summed E-state index contributed by atoms with van der Waals surface area (Å²) < 4.78 is 0. The summed E-state index contributed by atoms with van der Waals surface area (Å²) in [7, 11) is 0. The summed E-state index contributed by atoms with van der Waals surface area (Å²) in [5, 5.41) is 3.42. The van der Waals surface area contributed by atoms with Crippen molar-refractivity contribution in [3.63, 3.8) is 0 Å². The average Bonchev–Trinajstić information content (AvgIpc) is 2.39. The summed E-state index contributed by atoms with van der Waals surface area (Å²) in [6, 6.07) is 6.34. The van der Waals surface area contributed by atoms with Crippen LogP contribution in [-0.2, 0) is 13.0 Å². The second-order valence-corrected chi connectivity index (χ2v) is 4.25. The van der Waals surface area contributed by atoms with Crippen LogP contribution in [0, 0.1) is 6.92 Å². The zero-order valence-corrected chi connectivity index (χ0v) is 10.8. The first-order valence-corrected chi connectivity index (χ1v) is 6.09. The second-order valence-electron chi connectivity index (χ2n) is 4.25. The van der Waals surface area contributed by atoms with Crippen LogP contribution in [-0.4, -0.2) is 9.97 Å². The van der Waals surface area contributed by atoms with Gasteiger partial charge in [0.25, 0.3) is 0 Å². The van der Waals surface area contributed by atoms with E-state index in [4.69, 9.17) is 5.73 Å². The first-order chi connectivity index (χ1) is 8.70. The van der Waals surface area contributed by atoms with E-state index in [1.165, 1.54) is 16.8 Å².